The molecule has 3 aromatic rings. The van der Waals surface area contributed by atoms with Crippen molar-refractivity contribution in [2.45, 2.75) is 33.7 Å². The monoisotopic (exact) mass is 386 g/mol. The second-order valence-electron chi connectivity index (χ2n) is 6.32. The number of H-pyrrole nitrogens is 1. The van der Waals surface area contributed by atoms with E-state index in [1.165, 1.54) is 4.57 Å². The van der Waals surface area contributed by atoms with E-state index in [4.69, 9.17) is 13.9 Å². The summed E-state index contributed by atoms with van der Waals surface area (Å²) in [6, 6.07) is 7.15. The van der Waals surface area contributed by atoms with E-state index in [2.05, 4.69) is 4.98 Å². The van der Waals surface area contributed by atoms with E-state index >= 15 is 0 Å². The third-order valence-electron chi connectivity index (χ3n) is 4.45. The molecule has 0 saturated heterocycles. The summed E-state index contributed by atoms with van der Waals surface area (Å²) in [6.07, 6.45) is 0.443. The number of rotatable bonds is 7. The maximum Gasteiger partial charge on any atom is 0.419 e. The molecule has 0 unspecified atom stereocenters. The standard InChI is InChI=1S/C20H22N2O6/c1-4-26-18(23)16-12(2)17(21-13(16)3)19(24)27-11-7-10-22-14-8-5-6-9-15(14)28-20(22)25/h5-6,8-9,21H,4,7,10-11H2,1-3H3. The van der Waals surface area contributed by atoms with Gasteiger partial charge in [0.25, 0.3) is 0 Å². The van der Waals surface area contributed by atoms with Gasteiger partial charge in [0, 0.05) is 12.2 Å². The highest BCUT2D eigenvalue weighted by atomic mass is 16.5. The lowest BCUT2D eigenvalue weighted by molar-refractivity contribution is 0.0488. The molecule has 2 heterocycles. The quantitative estimate of drug-likeness (QED) is 0.495. The van der Waals surface area contributed by atoms with Gasteiger partial charge in [0.15, 0.2) is 5.58 Å². The highest BCUT2D eigenvalue weighted by Gasteiger charge is 2.23. The van der Waals surface area contributed by atoms with Crippen LogP contribution in [0.5, 0.6) is 0 Å². The summed E-state index contributed by atoms with van der Waals surface area (Å²) in [6.45, 7) is 5.83. The maximum atomic E-state index is 12.4. The zero-order valence-electron chi connectivity index (χ0n) is 16.0. The number of aryl methyl sites for hydroxylation is 2. The molecular weight excluding hydrogens is 364 g/mol. The molecule has 0 aliphatic heterocycles. The van der Waals surface area contributed by atoms with Crippen LogP contribution >= 0.6 is 0 Å². The van der Waals surface area contributed by atoms with Gasteiger partial charge in [0.05, 0.1) is 24.3 Å². The molecular formula is C20H22N2O6. The van der Waals surface area contributed by atoms with Gasteiger partial charge in [-0.3, -0.25) is 4.57 Å². The summed E-state index contributed by atoms with van der Waals surface area (Å²) >= 11 is 0. The molecule has 8 heteroatoms. The summed E-state index contributed by atoms with van der Waals surface area (Å²) < 4.78 is 17.0. The van der Waals surface area contributed by atoms with Crippen LogP contribution in [-0.2, 0) is 16.0 Å². The SMILES string of the molecule is CCOC(=O)c1c(C)[nH]c(C(=O)OCCCn2c(=O)oc3ccccc32)c1C. The van der Waals surface area contributed by atoms with Gasteiger partial charge in [-0.15, -0.1) is 0 Å². The zero-order valence-corrected chi connectivity index (χ0v) is 16.0. The van der Waals surface area contributed by atoms with Gasteiger partial charge >= 0.3 is 17.7 Å². The van der Waals surface area contributed by atoms with Gasteiger partial charge in [-0.1, -0.05) is 12.1 Å². The Kier molecular flexibility index (Phi) is 5.67. The van der Waals surface area contributed by atoms with Gasteiger partial charge in [-0.05, 0) is 44.9 Å². The molecule has 0 atom stereocenters. The van der Waals surface area contributed by atoms with Crippen LogP contribution in [0, 0.1) is 13.8 Å². The van der Waals surface area contributed by atoms with Crippen LogP contribution < -0.4 is 5.76 Å². The summed E-state index contributed by atoms with van der Waals surface area (Å²) in [5, 5.41) is 0. The molecule has 0 bridgehead atoms. The number of fused-ring (bicyclic) bond motifs is 1. The van der Waals surface area contributed by atoms with Crippen LogP contribution in [0.4, 0.5) is 0 Å². The lowest BCUT2D eigenvalue weighted by Gasteiger charge is -2.06. The number of carbonyl (C=O) groups excluding carboxylic acids is 2. The van der Waals surface area contributed by atoms with Gasteiger partial charge < -0.3 is 18.9 Å². The number of aromatic amines is 1. The first-order chi connectivity index (χ1) is 13.4. The number of hydrogen-bond donors (Lipinski definition) is 1. The molecule has 8 nitrogen and oxygen atoms in total. The van der Waals surface area contributed by atoms with Crippen molar-refractivity contribution in [2.75, 3.05) is 13.2 Å². The number of oxazole rings is 1. The molecule has 0 saturated carbocycles. The predicted octanol–water partition coefficient (Wildman–Crippen LogP) is 2.96. The number of benzene rings is 1. The van der Waals surface area contributed by atoms with Crippen molar-refractivity contribution in [2.24, 2.45) is 0 Å². The first-order valence-electron chi connectivity index (χ1n) is 9.05. The third-order valence-corrected chi connectivity index (χ3v) is 4.45. The minimum absolute atomic E-state index is 0.122. The Labute approximate surface area is 161 Å². The lowest BCUT2D eigenvalue weighted by Crippen LogP contribution is -2.16. The van der Waals surface area contributed by atoms with Crippen molar-refractivity contribution in [1.82, 2.24) is 9.55 Å². The maximum absolute atomic E-state index is 12.4. The summed E-state index contributed by atoms with van der Waals surface area (Å²) in [5.74, 6) is -1.47. The molecule has 0 spiro atoms. The van der Waals surface area contributed by atoms with Gasteiger partial charge in [0.1, 0.15) is 5.69 Å². The van der Waals surface area contributed by atoms with Crippen molar-refractivity contribution >= 4 is 23.0 Å². The van der Waals surface area contributed by atoms with E-state index < -0.39 is 17.7 Å². The topological polar surface area (TPSA) is 104 Å². The van der Waals surface area contributed by atoms with Crippen LogP contribution in [0.3, 0.4) is 0 Å². The molecule has 28 heavy (non-hydrogen) atoms. The van der Waals surface area contributed by atoms with Crippen LogP contribution in [-0.4, -0.2) is 34.7 Å². The molecule has 148 valence electrons. The first kappa shape index (κ1) is 19.5. The number of ether oxygens (including phenoxy) is 2. The predicted molar refractivity (Wildman–Crippen MR) is 102 cm³/mol. The Bertz CT molecular complexity index is 1070. The fourth-order valence-electron chi connectivity index (χ4n) is 3.15. The smallest absolute Gasteiger partial charge is 0.419 e. The Hall–Kier alpha value is -3.29. The van der Waals surface area contributed by atoms with E-state index in [0.29, 0.717) is 40.9 Å². The number of esters is 2. The van der Waals surface area contributed by atoms with E-state index in [-0.39, 0.29) is 18.9 Å². The van der Waals surface area contributed by atoms with E-state index in [9.17, 15) is 14.4 Å². The van der Waals surface area contributed by atoms with E-state index in [0.717, 1.165) is 0 Å². The molecule has 0 radical (unpaired) electrons. The molecule has 3 rings (SSSR count). The number of aromatic nitrogens is 2. The van der Waals surface area contributed by atoms with Gasteiger partial charge in [0.2, 0.25) is 0 Å². The van der Waals surface area contributed by atoms with Crippen LogP contribution in [0.15, 0.2) is 33.5 Å². The van der Waals surface area contributed by atoms with Crippen molar-refractivity contribution in [3.8, 4) is 0 Å². The average molecular weight is 386 g/mol. The minimum Gasteiger partial charge on any atom is -0.462 e. The summed E-state index contributed by atoms with van der Waals surface area (Å²) in [7, 11) is 0. The fraction of sp³-hybridized carbons (Fsp3) is 0.350. The number of para-hydroxylation sites is 2. The van der Waals surface area contributed by atoms with Crippen molar-refractivity contribution in [1.29, 1.82) is 0 Å². The normalized spacial score (nSPS) is 11.0. The largest absolute Gasteiger partial charge is 0.462 e. The summed E-state index contributed by atoms with van der Waals surface area (Å²) in [5.41, 5.74) is 2.86. The van der Waals surface area contributed by atoms with Gasteiger partial charge in [-0.25, -0.2) is 14.4 Å². The number of nitrogens with one attached hydrogen (secondary N) is 1. The van der Waals surface area contributed by atoms with Crippen molar-refractivity contribution in [3.63, 3.8) is 0 Å². The molecule has 1 aromatic carbocycles. The Morgan fingerprint density at radius 3 is 2.64 bits per heavy atom. The minimum atomic E-state index is -0.555. The molecule has 0 aliphatic rings. The third kappa shape index (κ3) is 3.71. The average Bonchev–Trinajstić information content (AvgIpc) is 3.14. The van der Waals surface area contributed by atoms with E-state index in [1.807, 2.05) is 6.07 Å². The van der Waals surface area contributed by atoms with E-state index in [1.54, 1.807) is 39.0 Å². The van der Waals surface area contributed by atoms with Gasteiger partial charge in [-0.2, -0.15) is 0 Å². The molecule has 2 aromatic heterocycles. The molecule has 0 amide bonds. The molecule has 0 fully saturated rings. The highest BCUT2D eigenvalue weighted by molar-refractivity contribution is 5.98. The van der Waals surface area contributed by atoms with Crippen LogP contribution in [0.25, 0.3) is 11.1 Å². The van der Waals surface area contributed by atoms with Crippen LogP contribution in [0.1, 0.15) is 45.4 Å². The lowest BCUT2D eigenvalue weighted by atomic mass is 10.1. The number of hydrogen-bond acceptors (Lipinski definition) is 6. The Morgan fingerprint density at radius 2 is 1.89 bits per heavy atom. The summed E-state index contributed by atoms with van der Waals surface area (Å²) in [4.78, 5) is 39.2. The zero-order chi connectivity index (χ0) is 20.3. The second kappa shape index (κ2) is 8.16. The number of carbonyl (C=O) groups is 2. The van der Waals surface area contributed by atoms with Crippen LogP contribution in [0.2, 0.25) is 0 Å². The number of nitrogens with zero attached hydrogens (tertiary/aromatic N) is 1. The first-order valence-corrected chi connectivity index (χ1v) is 9.05. The fourth-order valence-corrected chi connectivity index (χ4v) is 3.15. The second-order valence-corrected chi connectivity index (χ2v) is 6.32. The molecule has 0 aliphatic carbocycles. The van der Waals surface area contributed by atoms with Crippen molar-refractivity contribution in [3.05, 3.63) is 57.3 Å². The highest BCUT2D eigenvalue weighted by Crippen LogP contribution is 2.20. The Balaban J connectivity index is 1.62. The Morgan fingerprint density at radius 1 is 1.14 bits per heavy atom. The van der Waals surface area contributed by atoms with Crippen molar-refractivity contribution < 1.29 is 23.5 Å². The molecule has 1 N–H and O–H groups in total.